The number of benzene rings is 1. The van der Waals surface area contributed by atoms with E-state index < -0.39 is 5.72 Å². The summed E-state index contributed by atoms with van der Waals surface area (Å²) in [5.74, 6) is 0.115. The summed E-state index contributed by atoms with van der Waals surface area (Å²) in [6.07, 6.45) is 1.53. The molecule has 2 aliphatic rings. The zero-order chi connectivity index (χ0) is 17.9. The van der Waals surface area contributed by atoms with Gasteiger partial charge in [0.05, 0.1) is 12.7 Å². The highest BCUT2D eigenvalue weighted by Gasteiger charge is 2.54. The van der Waals surface area contributed by atoms with Crippen LogP contribution >= 0.6 is 0 Å². The molecule has 7 heteroatoms. The second-order valence-corrected chi connectivity index (χ2v) is 6.08. The van der Waals surface area contributed by atoms with Crippen LogP contribution in [0.2, 0.25) is 0 Å². The first-order chi connectivity index (χ1) is 12.1. The number of hydrazine groups is 1. The van der Waals surface area contributed by atoms with Crippen molar-refractivity contribution < 1.29 is 19.4 Å². The highest BCUT2D eigenvalue weighted by atomic mass is 16.7. The summed E-state index contributed by atoms with van der Waals surface area (Å²) >= 11 is 0. The number of ether oxygens (including phenoxy) is 2. The molecule has 2 fully saturated rings. The summed E-state index contributed by atoms with van der Waals surface area (Å²) in [6.45, 7) is 3.58. The molecule has 1 unspecified atom stereocenters. The first-order valence-electron chi connectivity index (χ1n) is 8.55. The van der Waals surface area contributed by atoms with Crippen LogP contribution in [-0.4, -0.2) is 48.8 Å². The number of hydroxylamine groups is 1. The largest absolute Gasteiger partial charge is 0.507 e. The van der Waals surface area contributed by atoms with Crippen molar-refractivity contribution >= 4 is 11.6 Å². The molecule has 3 N–H and O–H groups in total. The molecule has 0 amide bonds. The maximum atomic E-state index is 11.0. The maximum absolute atomic E-state index is 11.0. The van der Waals surface area contributed by atoms with E-state index in [-0.39, 0.29) is 17.5 Å². The van der Waals surface area contributed by atoms with Crippen molar-refractivity contribution in [3.8, 4) is 0 Å². The van der Waals surface area contributed by atoms with Crippen LogP contribution in [0.25, 0.3) is 5.76 Å². The lowest BCUT2D eigenvalue weighted by Gasteiger charge is -2.39. The number of aliphatic hydroxyl groups excluding tert-OH is 1. The summed E-state index contributed by atoms with van der Waals surface area (Å²) in [5, 5.41) is 20.8. The van der Waals surface area contributed by atoms with Crippen molar-refractivity contribution in [2.45, 2.75) is 25.5 Å². The van der Waals surface area contributed by atoms with Crippen LogP contribution in [0, 0.1) is 11.3 Å². The van der Waals surface area contributed by atoms with E-state index in [1.807, 2.05) is 37.3 Å². The van der Waals surface area contributed by atoms with Gasteiger partial charge in [-0.05, 0) is 19.8 Å². The fourth-order valence-corrected chi connectivity index (χ4v) is 3.55. The summed E-state index contributed by atoms with van der Waals surface area (Å²) < 4.78 is 11.6. The smallest absolute Gasteiger partial charge is 0.175 e. The van der Waals surface area contributed by atoms with Gasteiger partial charge < -0.3 is 14.6 Å². The molecule has 0 aromatic heterocycles. The van der Waals surface area contributed by atoms with Crippen molar-refractivity contribution in [2.24, 2.45) is 5.92 Å². The van der Waals surface area contributed by atoms with E-state index in [0.29, 0.717) is 31.0 Å². The fraction of sp³-hybridized carbons (Fsp3) is 0.500. The second kappa shape index (κ2) is 7.53. The quantitative estimate of drug-likeness (QED) is 0.710. The van der Waals surface area contributed by atoms with Gasteiger partial charge in [0.1, 0.15) is 5.76 Å². The Bertz CT molecular complexity index is 643. The molecule has 0 spiro atoms. The molecule has 1 aromatic rings. The van der Waals surface area contributed by atoms with Crippen molar-refractivity contribution in [1.29, 1.82) is 5.41 Å². The highest BCUT2D eigenvalue weighted by Crippen LogP contribution is 2.42. The molecule has 0 bridgehead atoms. The lowest BCUT2D eigenvalue weighted by molar-refractivity contribution is -0.184. The van der Waals surface area contributed by atoms with Crippen LogP contribution in [0.1, 0.15) is 25.3 Å². The van der Waals surface area contributed by atoms with Crippen LogP contribution in [-0.2, 0) is 14.3 Å². The minimum Gasteiger partial charge on any atom is -0.507 e. The van der Waals surface area contributed by atoms with Crippen LogP contribution < -0.4 is 5.43 Å². The maximum Gasteiger partial charge on any atom is 0.175 e. The number of amidine groups is 1. The molecule has 2 heterocycles. The third kappa shape index (κ3) is 3.16. The molecule has 1 aromatic carbocycles. The molecule has 2 aliphatic heterocycles. The summed E-state index contributed by atoms with van der Waals surface area (Å²) in [4.78, 5) is 5.27. The number of hydrogen-bond acceptors (Lipinski definition) is 6. The van der Waals surface area contributed by atoms with E-state index >= 15 is 0 Å². The number of rotatable bonds is 5. The summed E-state index contributed by atoms with van der Waals surface area (Å²) in [7, 11) is 1.48. The van der Waals surface area contributed by atoms with Crippen LogP contribution in [0.3, 0.4) is 0 Å². The van der Waals surface area contributed by atoms with Gasteiger partial charge in [-0.2, -0.15) is 10.6 Å². The second-order valence-electron chi connectivity index (χ2n) is 6.08. The molecule has 1 atom stereocenters. The van der Waals surface area contributed by atoms with Crippen molar-refractivity contribution in [1.82, 2.24) is 10.6 Å². The Morgan fingerprint density at radius 1 is 1.36 bits per heavy atom. The molecular weight excluding hydrogens is 322 g/mol. The normalized spacial score (nSPS) is 27.0. The van der Waals surface area contributed by atoms with Crippen LogP contribution in [0.4, 0.5) is 0 Å². The summed E-state index contributed by atoms with van der Waals surface area (Å²) in [6, 6.07) is 9.21. The van der Waals surface area contributed by atoms with E-state index in [0.717, 1.165) is 12.8 Å². The Morgan fingerprint density at radius 2 is 2.04 bits per heavy atom. The standard InChI is InChI=1S/C18H25N3O4/c1-3-25-18(14-9-11-24-12-10-14)15(17(19)21(20-18)23-2)16(22)13-7-5-4-6-8-13/h4-8,14,19-20,22H,3,9-12H2,1-2H3. The molecule has 0 saturated carbocycles. The first-order valence-corrected chi connectivity index (χ1v) is 8.55. The minimum absolute atomic E-state index is 0.0255. The Balaban J connectivity index is 2.13. The molecule has 0 aliphatic carbocycles. The Hall–Kier alpha value is -1.93. The van der Waals surface area contributed by atoms with Crippen molar-refractivity contribution in [2.75, 3.05) is 26.9 Å². The monoisotopic (exact) mass is 347 g/mol. The van der Waals surface area contributed by atoms with Crippen LogP contribution in [0.5, 0.6) is 0 Å². The molecule has 7 nitrogen and oxygen atoms in total. The van der Waals surface area contributed by atoms with E-state index in [1.54, 1.807) is 0 Å². The van der Waals surface area contributed by atoms with Gasteiger partial charge in [-0.25, -0.2) is 0 Å². The average Bonchev–Trinajstić information content (AvgIpc) is 2.95. The SMILES string of the molecule is CCOC1(C2CCOCC2)NN(OC)C(=N)C1=C(O)c1ccccc1. The predicted octanol–water partition coefficient (Wildman–Crippen LogP) is 2.47. The molecule has 25 heavy (non-hydrogen) atoms. The van der Waals surface area contributed by atoms with Crippen molar-refractivity contribution in [3.63, 3.8) is 0 Å². The lowest BCUT2D eigenvalue weighted by Crippen LogP contribution is -2.55. The van der Waals surface area contributed by atoms with E-state index in [9.17, 15) is 5.11 Å². The fourth-order valence-electron chi connectivity index (χ4n) is 3.55. The minimum atomic E-state index is -1.02. The topological polar surface area (TPSA) is 87.0 Å². The Morgan fingerprint density at radius 3 is 2.64 bits per heavy atom. The van der Waals surface area contributed by atoms with Gasteiger partial charge in [-0.1, -0.05) is 30.3 Å². The van der Waals surface area contributed by atoms with Gasteiger partial charge in [-0.3, -0.25) is 10.2 Å². The average molecular weight is 347 g/mol. The van der Waals surface area contributed by atoms with E-state index in [4.69, 9.17) is 19.7 Å². The number of nitrogens with one attached hydrogen (secondary N) is 2. The molecule has 0 radical (unpaired) electrons. The third-order valence-electron chi connectivity index (χ3n) is 4.71. The Labute approximate surface area is 147 Å². The number of hydrogen-bond donors (Lipinski definition) is 3. The molecular formula is C18H25N3O4. The third-order valence-corrected chi connectivity index (χ3v) is 4.71. The van der Waals surface area contributed by atoms with Crippen molar-refractivity contribution in [3.05, 3.63) is 41.5 Å². The molecule has 136 valence electrons. The van der Waals surface area contributed by atoms with Gasteiger partial charge in [-0.15, -0.1) is 0 Å². The van der Waals surface area contributed by atoms with Gasteiger partial charge in [0, 0.05) is 31.3 Å². The first kappa shape index (κ1) is 17.9. The predicted molar refractivity (Wildman–Crippen MR) is 93.6 cm³/mol. The van der Waals surface area contributed by atoms with Gasteiger partial charge in [0.2, 0.25) is 0 Å². The van der Waals surface area contributed by atoms with E-state index in [2.05, 4.69) is 5.43 Å². The zero-order valence-corrected chi connectivity index (χ0v) is 14.6. The Kier molecular flexibility index (Phi) is 5.39. The zero-order valence-electron chi connectivity index (χ0n) is 14.6. The number of aliphatic hydroxyl groups is 1. The van der Waals surface area contributed by atoms with Gasteiger partial charge >= 0.3 is 0 Å². The summed E-state index contributed by atoms with van der Waals surface area (Å²) in [5.41, 5.74) is 3.18. The lowest BCUT2D eigenvalue weighted by atomic mass is 9.82. The van der Waals surface area contributed by atoms with E-state index in [1.165, 1.54) is 12.3 Å². The van der Waals surface area contributed by atoms with Crippen LogP contribution in [0.15, 0.2) is 35.9 Å². The molecule has 2 saturated heterocycles. The van der Waals surface area contributed by atoms with Gasteiger partial charge in [0.15, 0.2) is 11.6 Å². The van der Waals surface area contributed by atoms with Gasteiger partial charge in [0.25, 0.3) is 0 Å². The molecule has 3 rings (SSSR count). The highest BCUT2D eigenvalue weighted by molar-refractivity contribution is 6.04. The number of nitrogens with zero attached hydrogens (tertiary/aromatic N) is 1.